The molecule has 12 rings (SSSR count). The van der Waals surface area contributed by atoms with Crippen LogP contribution in [0.25, 0.3) is 105 Å². The molecule has 0 aliphatic heterocycles. The second kappa shape index (κ2) is 12.5. The first-order valence-corrected chi connectivity index (χ1v) is 19.6. The van der Waals surface area contributed by atoms with Gasteiger partial charge in [-0.05, 0) is 107 Å². The Morgan fingerprint density at radius 2 is 0.649 bits per heavy atom. The average Bonchev–Trinajstić information content (AvgIpc) is 3.92. The van der Waals surface area contributed by atoms with Gasteiger partial charge < -0.3 is 13.7 Å². The van der Waals surface area contributed by atoms with E-state index in [2.05, 4.69) is 226 Å². The zero-order valence-corrected chi connectivity index (χ0v) is 31.0. The molecule has 266 valence electrons. The van der Waals surface area contributed by atoms with Gasteiger partial charge in [-0.3, -0.25) is 0 Å². The molecule has 0 aliphatic rings. The number of hydrogen-bond donors (Lipinski definition) is 0. The van der Waals surface area contributed by atoms with E-state index in [1.54, 1.807) is 0 Å². The highest BCUT2D eigenvalue weighted by molar-refractivity contribution is 6.26. The summed E-state index contributed by atoms with van der Waals surface area (Å²) >= 11 is 0. The fourth-order valence-corrected chi connectivity index (χ4v) is 9.33. The van der Waals surface area contributed by atoms with Gasteiger partial charge in [-0.15, -0.1) is 0 Å². The van der Waals surface area contributed by atoms with Gasteiger partial charge in [0.15, 0.2) is 0 Å². The molecule has 0 bridgehead atoms. The summed E-state index contributed by atoms with van der Waals surface area (Å²) in [7, 11) is 0. The summed E-state index contributed by atoms with van der Waals surface area (Å²) in [6.07, 6.45) is 0. The fourth-order valence-electron chi connectivity index (χ4n) is 9.33. The zero-order chi connectivity index (χ0) is 37.5. The molecule has 3 aromatic heterocycles. The van der Waals surface area contributed by atoms with Crippen molar-refractivity contribution < 1.29 is 0 Å². The Bertz CT molecular complexity index is 3500. The predicted octanol–water partition coefficient (Wildman–Crippen LogP) is 14.3. The van der Waals surface area contributed by atoms with Crippen molar-refractivity contribution in [1.29, 1.82) is 0 Å². The lowest BCUT2D eigenvalue weighted by atomic mass is 9.97. The number of benzene rings is 9. The molecule has 0 amide bonds. The fraction of sp³-hybridized carbons (Fsp3) is 0. The molecule has 0 spiro atoms. The lowest BCUT2D eigenvalue weighted by molar-refractivity contribution is 1.17. The smallest absolute Gasteiger partial charge is 0.0641 e. The molecule has 0 aliphatic carbocycles. The van der Waals surface area contributed by atoms with E-state index in [0.717, 1.165) is 11.4 Å². The highest BCUT2D eigenvalue weighted by Crippen LogP contribution is 2.43. The summed E-state index contributed by atoms with van der Waals surface area (Å²) in [4.78, 5) is 0. The van der Waals surface area contributed by atoms with E-state index in [1.807, 2.05) is 0 Å². The molecule has 0 atom stereocenters. The van der Waals surface area contributed by atoms with Gasteiger partial charge in [0.05, 0.1) is 33.1 Å². The van der Waals surface area contributed by atoms with Crippen molar-refractivity contribution in [2.45, 2.75) is 0 Å². The van der Waals surface area contributed by atoms with Gasteiger partial charge in [-0.25, -0.2) is 0 Å². The Hall–Kier alpha value is -7.62. The Morgan fingerprint density at radius 3 is 1.26 bits per heavy atom. The third kappa shape index (κ3) is 4.79. The first-order chi connectivity index (χ1) is 28.3. The van der Waals surface area contributed by atoms with E-state index in [4.69, 9.17) is 0 Å². The Morgan fingerprint density at radius 1 is 0.228 bits per heavy atom. The summed E-state index contributed by atoms with van der Waals surface area (Å²) in [6, 6.07) is 77.4. The van der Waals surface area contributed by atoms with Crippen molar-refractivity contribution in [2.75, 3.05) is 0 Å². The number of hydrogen-bond acceptors (Lipinski definition) is 0. The van der Waals surface area contributed by atoms with Gasteiger partial charge in [0, 0.05) is 49.4 Å². The van der Waals surface area contributed by atoms with Gasteiger partial charge >= 0.3 is 0 Å². The third-order valence-electron chi connectivity index (χ3n) is 11.8. The van der Waals surface area contributed by atoms with Crippen LogP contribution in [-0.2, 0) is 0 Å². The molecule has 0 unspecified atom stereocenters. The van der Waals surface area contributed by atoms with Crippen LogP contribution in [0.3, 0.4) is 0 Å². The summed E-state index contributed by atoms with van der Waals surface area (Å²) in [5.41, 5.74) is 15.5. The van der Waals surface area contributed by atoms with Gasteiger partial charge in [0.2, 0.25) is 0 Å². The highest BCUT2D eigenvalue weighted by atomic mass is 15.0. The maximum absolute atomic E-state index is 2.46. The second-order valence-electron chi connectivity index (χ2n) is 14.9. The Kier molecular flexibility index (Phi) is 6.93. The number of para-hydroxylation sites is 5. The molecular weight excluding hydrogens is 691 g/mol. The van der Waals surface area contributed by atoms with E-state index < -0.39 is 0 Å². The van der Waals surface area contributed by atoms with E-state index >= 15 is 0 Å². The largest absolute Gasteiger partial charge is 0.309 e. The molecule has 0 radical (unpaired) electrons. The van der Waals surface area contributed by atoms with Crippen LogP contribution in [0.15, 0.2) is 212 Å². The van der Waals surface area contributed by atoms with E-state index in [9.17, 15) is 0 Å². The van der Waals surface area contributed by atoms with Crippen molar-refractivity contribution >= 4 is 65.4 Å². The van der Waals surface area contributed by atoms with Crippen LogP contribution < -0.4 is 0 Å². The van der Waals surface area contributed by atoms with Crippen LogP contribution in [0.4, 0.5) is 0 Å². The van der Waals surface area contributed by atoms with Gasteiger partial charge in [-0.1, -0.05) is 127 Å². The average molecular weight is 726 g/mol. The van der Waals surface area contributed by atoms with E-state index in [-0.39, 0.29) is 0 Å². The van der Waals surface area contributed by atoms with Crippen LogP contribution >= 0.6 is 0 Å². The first kappa shape index (κ1) is 31.7. The summed E-state index contributed by atoms with van der Waals surface area (Å²) in [6.45, 7) is 0. The maximum Gasteiger partial charge on any atom is 0.0641 e. The number of aromatic nitrogens is 3. The second-order valence-corrected chi connectivity index (χ2v) is 14.9. The lowest BCUT2D eigenvalue weighted by Crippen LogP contribution is -1.95. The number of nitrogens with zero attached hydrogens (tertiary/aromatic N) is 3. The Balaban J connectivity index is 1.08. The molecule has 3 heteroatoms. The third-order valence-corrected chi connectivity index (χ3v) is 11.8. The van der Waals surface area contributed by atoms with Crippen molar-refractivity contribution in [2.24, 2.45) is 0 Å². The maximum atomic E-state index is 2.46. The van der Waals surface area contributed by atoms with Crippen molar-refractivity contribution in [3.8, 4) is 39.3 Å². The monoisotopic (exact) mass is 725 g/mol. The molecule has 9 aromatic carbocycles. The molecule has 12 aromatic rings. The minimum atomic E-state index is 1.15. The molecule has 0 saturated carbocycles. The van der Waals surface area contributed by atoms with Crippen LogP contribution in [0.1, 0.15) is 0 Å². The standard InChI is InChI=1S/C54H35N3/c1-4-17-40(18-5-1)55-48-25-12-11-24-44(48)46-34-38(27-30-50(46)55)36-15-14-16-37(33-36)39-28-31-51-47(35-39)53-52(56(51)41-19-6-2-7-20-41)32-29-45-43-23-10-13-26-49(43)57(54(45)53)42-21-8-3-9-22-42/h1-35H. The number of rotatable bonds is 5. The van der Waals surface area contributed by atoms with Crippen molar-refractivity contribution in [3.63, 3.8) is 0 Å². The van der Waals surface area contributed by atoms with Crippen LogP contribution in [0, 0.1) is 0 Å². The minimum absolute atomic E-state index is 1.15. The summed E-state index contributed by atoms with van der Waals surface area (Å²) in [5, 5.41) is 7.51. The zero-order valence-electron chi connectivity index (χ0n) is 31.0. The molecule has 3 nitrogen and oxygen atoms in total. The molecule has 3 heterocycles. The van der Waals surface area contributed by atoms with E-state index in [1.165, 1.54) is 93.4 Å². The molecular formula is C54H35N3. The van der Waals surface area contributed by atoms with Gasteiger partial charge in [0.1, 0.15) is 0 Å². The Labute approximate surface area is 329 Å². The predicted molar refractivity (Wildman–Crippen MR) is 240 cm³/mol. The lowest BCUT2D eigenvalue weighted by Gasteiger charge is -2.10. The summed E-state index contributed by atoms with van der Waals surface area (Å²) in [5.74, 6) is 0. The number of fused-ring (bicyclic) bond motifs is 10. The SMILES string of the molecule is c1ccc(-n2c3ccccc3c3cc(-c4cccc(-c5ccc6c(c5)c5c(ccc7c8ccccc8n(-c8ccccc8)c75)n6-c5ccccc5)c4)ccc32)cc1. The quantitative estimate of drug-likeness (QED) is 0.168. The van der Waals surface area contributed by atoms with Crippen LogP contribution in [0.5, 0.6) is 0 Å². The molecule has 0 saturated heterocycles. The van der Waals surface area contributed by atoms with Crippen molar-refractivity contribution in [1.82, 2.24) is 13.7 Å². The molecule has 57 heavy (non-hydrogen) atoms. The summed E-state index contributed by atoms with van der Waals surface area (Å²) < 4.78 is 7.26. The van der Waals surface area contributed by atoms with Crippen LogP contribution in [-0.4, -0.2) is 13.7 Å². The highest BCUT2D eigenvalue weighted by Gasteiger charge is 2.21. The molecule has 0 fully saturated rings. The van der Waals surface area contributed by atoms with E-state index in [0.29, 0.717) is 0 Å². The van der Waals surface area contributed by atoms with Crippen molar-refractivity contribution in [3.05, 3.63) is 212 Å². The normalized spacial score (nSPS) is 11.9. The molecule has 0 N–H and O–H groups in total. The minimum Gasteiger partial charge on any atom is -0.309 e. The van der Waals surface area contributed by atoms with Gasteiger partial charge in [0.25, 0.3) is 0 Å². The van der Waals surface area contributed by atoms with Crippen LogP contribution in [0.2, 0.25) is 0 Å². The topological polar surface area (TPSA) is 14.8 Å². The van der Waals surface area contributed by atoms with Gasteiger partial charge in [-0.2, -0.15) is 0 Å². The first-order valence-electron chi connectivity index (χ1n) is 19.6.